The molecule has 0 saturated carbocycles. The Kier molecular flexibility index (Phi) is 6.38. The molecule has 0 aliphatic carbocycles. The lowest BCUT2D eigenvalue weighted by atomic mass is 10.3. The fourth-order valence-corrected chi connectivity index (χ4v) is 4.03. The normalized spacial score (nSPS) is 14.5. The largest absolute Gasteiger partial charge is 0.354 e. The molecule has 1 aliphatic heterocycles. The van der Waals surface area contributed by atoms with Gasteiger partial charge in [-0.15, -0.1) is 0 Å². The molecule has 1 saturated heterocycles. The molecule has 3 heterocycles. The number of aromatic nitrogens is 4. The maximum Gasteiger partial charge on any atom is 0.221 e. The third kappa shape index (κ3) is 5.74. The van der Waals surface area contributed by atoms with Crippen LogP contribution in [0.5, 0.6) is 0 Å². The summed E-state index contributed by atoms with van der Waals surface area (Å²) in [5.41, 5.74) is 1.67. The molecule has 2 aromatic heterocycles. The maximum absolute atomic E-state index is 11.2. The van der Waals surface area contributed by atoms with Crippen LogP contribution in [0.1, 0.15) is 12.6 Å². The van der Waals surface area contributed by atoms with Crippen molar-refractivity contribution >= 4 is 40.8 Å². The van der Waals surface area contributed by atoms with Crippen molar-refractivity contribution in [2.24, 2.45) is 0 Å². The lowest BCUT2D eigenvalue weighted by Gasteiger charge is -2.33. The van der Waals surface area contributed by atoms with Crippen LogP contribution in [-0.4, -0.2) is 64.2 Å². The van der Waals surface area contributed by atoms with Gasteiger partial charge < -0.3 is 20.4 Å². The zero-order valence-corrected chi connectivity index (χ0v) is 18.7. The lowest BCUT2D eigenvalue weighted by molar-refractivity contribution is -0.114. The molecule has 10 heteroatoms. The van der Waals surface area contributed by atoms with Gasteiger partial charge in [-0.2, -0.15) is 5.10 Å². The van der Waals surface area contributed by atoms with Crippen molar-refractivity contribution in [2.75, 3.05) is 48.8 Å². The quantitative estimate of drug-likeness (QED) is 0.505. The highest BCUT2D eigenvalue weighted by atomic mass is 32.2. The van der Waals surface area contributed by atoms with E-state index in [4.69, 9.17) is 9.97 Å². The molecule has 3 aromatic rings. The van der Waals surface area contributed by atoms with Crippen LogP contribution >= 0.6 is 11.8 Å². The van der Waals surface area contributed by atoms with Gasteiger partial charge in [-0.1, -0.05) is 0 Å². The predicted molar refractivity (Wildman–Crippen MR) is 123 cm³/mol. The summed E-state index contributed by atoms with van der Waals surface area (Å²) in [4.78, 5) is 26.3. The van der Waals surface area contributed by atoms with Crippen LogP contribution in [0.4, 0.5) is 23.1 Å². The second-order valence-corrected chi connectivity index (χ2v) is 8.58. The molecule has 3 N–H and O–H groups in total. The molecule has 1 amide bonds. The van der Waals surface area contributed by atoms with Gasteiger partial charge in [0.2, 0.25) is 5.91 Å². The highest BCUT2D eigenvalue weighted by Crippen LogP contribution is 2.30. The molecule has 0 spiro atoms. The van der Waals surface area contributed by atoms with Gasteiger partial charge in [0, 0.05) is 55.8 Å². The number of carbonyl (C=O) groups excluding carboxylic acids is 1. The van der Waals surface area contributed by atoms with E-state index in [0.29, 0.717) is 11.0 Å². The zero-order chi connectivity index (χ0) is 21.8. The number of amides is 1. The number of rotatable bonds is 6. The Hall–Kier alpha value is -3.11. The molecule has 1 fully saturated rings. The first-order valence-corrected chi connectivity index (χ1v) is 10.9. The minimum atomic E-state index is -0.0895. The molecule has 0 bridgehead atoms. The fraction of sp³-hybridized carbons (Fsp3) is 0.333. The summed E-state index contributed by atoms with van der Waals surface area (Å²) in [5.74, 6) is 2.31. The molecule has 31 heavy (non-hydrogen) atoms. The minimum absolute atomic E-state index is 0.0895. The molecular formula is C21H26N8OS. The Bertz CT molecular complexity index is 1040. The molecule has 0 radical (unpaired) electrons. The smallest absolute Gasteiger partial charge is 0.221 e. The monoisotopic (exact) mass is 438 g/mol. The van der Waals surface area contributed by atoms with Crippen LogP contribution in [0.15, 0.2) is 46.5 Å². The number of aromatic amines is 1. The predicted octanol–water partition coefficient (Wildman–Crippen LogP) is 3.11. The summed E-state index contributed by atoms with van der Waals surface area (Å²) in [6.07, 6.45) is 0. The summed E-state index contributed by atoms with van der Waals surface area (Å²) in [5, 5.41) is 13.9. The van der Waals surface area contributed by atoms with Gasteiger partial charge in [0.15, 0.2) is 5.16 Å². The van der Waals surface area contributed by atoms with Gasteiger partial charge in [0.05, 0.1) is 5.69 Å². The van der Waals surface area contributed by atoms with Crippen molar-refractivity contribution in [3.63, 3.8) is 0 Å². The van der Waals surface area contributed by atoms with Crippen LogP contribution in [0.2, 0.25) is 0 Å². The average molecular weight is 439 g/mol. The Morgan fingerprint density at radius 1 is 1.10 bits per heavy atom. The Balaban J connectivity index is 1.58. The molecule has 0 atom stereocenters. The van der Waals surface area contributed by atoms with Crippen molar-refractivity contribution in [3.05, 3.63) is 42.1 Å². The molecular weight excluding hydrogens is 412 g/mol. The van der Waals surface area contributed by atoms with Crippen LogP contribution in [-0.2, 0) is 4.79 Å². The number of nitrogens with zero attached hydrogens (tertiary/aromatic N) is 5. The van der Waals surface area contributed by atoms with Crippen molar-refractivity contribution in [1.29, 1.82) is 0 Å². The summed E-state index contributed by atoms with van der Waals surface area (Å²) < 4.78 is 0. The average Bonchev–Trinajstić information content (AvgIpc) is 3.14. The van der Waals surface area contributed by atoms with Crippen LogP contribution in [0.25, 0.3) is 0 Å². The van der Waals surface area contributed by atoms with E-state index in [1.165, 1.54) is 18.7 Å². The number of hydrogen-bond donors (Lipinski definition) is 3. The van der Waals surface area contributed by atoms with Gasteiger partial charge in [0.1, 0.15) is 17.5 Å². The number of piperazine rings is 1. The van der Waals surface area contributed by atoms with E-state index >= 15 is 0 Å². The van der Waals surface area contributed by atoms with E-state index in [1.54, 1.807) is 0 Å². The second-order valence-electron chi connectivity index (χ2n) is 7.54. The van der Waals surface area contributed by atoms with Gasteiger partial charge >= 0.3 is 0 Å². The van der Waals surface area contributed by atoms with Gasteiger partial charge in [0.25, 0.3) is 0 Å². The van der Waals surface area contributed by atoms with Gasteiger partial charge in [-0.3, -0.25) is 9.89 Å². The number of hydrogen-bond acceptors (Lipinski definition) is 8. The van der Waals surface area contributed by atoms with Crippen LogP contribution in [0.3, 0.4) is 0 Å². The topological polar surface area (TPSA) is 102 Å². The Morgan fingerprint density at radius 2 is 1.84 bits per heavy atom. The van der Waals surface area contributed by atoms with E-state index < -0.39 is 0 Å². The number of anilines is 4. The first-order valence-electron chi connectivity index (χ1n) is 10.1. The van der Waals surface area contributed by atoms with Crippen molar-refractivity contribution in [2.45, 2.75) is 23.9 Å². The lowest BCUT2D eigenvalue weighted by Crippen LogP contribution is -2.44. The molecule has 4 rings (SSSR count). The first kappa shape index (κ1) is 21.1. The third-order valence-corrected chi connectivity index (χ3v) is 5.74. The summed E-state index contributed by atoms with van der Waals surface area (Å²) >= 11 is 1.49. The molecule has 9 nitrogen and oxygen atoms in total. The Labute approximate surface area is 185 Å². The number of aryl methyl sites for hydroxylation is 1. The van der Waals surface area contributed by atoms with E-state index in [0.717, 1.165) is 54.1 Å². The molecule has 1 aliphatic rings. The third-order valence-electron chi connectivity index (χ3n) is 4.87. The van der Waals surface area contributed by atoms with Crippen molar-refractivity contribution in [3.8, 4) is 0 Å². The standard InChI is InChI=1S/C21H26N8OS/c1-14-12-19(27-26-14)23-18-13-20(29-10-8-28(3)9-11-29)25-21(24-18)31-17-6-4-16(5-7-17)22-15(2)30/h4-7,12-13H,8-11H2,1-3H3,(H,22,30)(H2,23,24,25,26,27). The maximum atomic E-state index is 11.2. The minimum Gasteiger partial charge on any atom is -0.354 e. The van der Waals surface area contributed by atoms with E-state index in [2.05, 4.69) is 37.7 Å². The molecule has 1 aromatic carbocycles. The number of likely N-dealkylation sites (N-methyl/N-ethyl adjacent to an activating group) is 1. The fourth-order valence-electron chi connectivity index (χ4n) is 3.26. The summed E-state index contributed by atoms with van der Waals surface area (Å²) in [6, 6.07) is 11.6. The van der Waals surface area contributed by atoms with Crippen molar-refractivity contribution < 1.29 is 4.79 Å². The number of carbonyl (C=O) groups is 1. The SMILES string of the molecule is CC(=O)Nc1ccc(Sc2nc(Nc3cc(C)n[nH]3)cc(N3CCN(C)CC3)n2)cc1. The van der Waals surface area contributed by atoms with Gasteiger partial charge in [-0.25, -0.2) is 9.97 Å². The summed E-state index contributed by atoms with van der Waals surface area (Å²) in [6.45, 7) is 7.27. The van der Waals surface area contributed by atoms with Crippen LogP contribution in [0, 0.1) is 6.92 Å². The highest BCUT2D eigenvalue weighted by molar-refractivity contribution is 7.99. The van der Waals surface area contributed by atoms with Crippen LogP contribution < -0.4 is 15.5 Å². The van der Waals surface area contributed by atoms with E-state index in [1.807, 2.05) is 43.3 Å². The summed E-state index contributed by atoms with van der Waals surface area (Å²) in [7, 11) is 2.14. The first-order chi connectivity index (χ1) is 14.9. The van der Waals surface area contributed by atoms with Crippen molar-refractivity contribution in [1.82, 2.24) is 25.1 Å². The van der Waals surface area contributed by atoms with E-state index in [-0.39, 0.29) is 5.91 Å². The molecule has 0 unspecified atom stereocenters. The second kappa shape index (κ2) is 9.36. The van der Waals surface area contributed by atoms with Gasteiger partial charge in [-0.05, 0) is 50.0 Å². The zero-order valence-electron chi connectivity index (χ0n) is 17.8. The number of nitrogens with one attached hydrogen (secondary N) is 3. The number of H-pyrrole nitrogens is 1. The molecule has 162 valence electrons. The number of benzene rings is 1. The van der Waals surface area contributed by atoms with E-state index in [9.17, 15) is 4.79 Å². The Morgan fingerprint density at radius 3 is 2.48 bits per heavy atom. The highest BCUT2D eigenvalue weighted by Gasteiger charge is 2.18.